The zero-order valence-electron chi connectivity index (χ0n) is 13.4. The van der Waals surface area contributed by atoms with E-state index in [0.717, 1.165) is 45.8 Å². The SMILES string of the molecule is c1cncc(N2CCCC3(CN(Cc4cccs4)CCO3)C2)c1. The van der Waals surface area contributed by atoms with Gasteiger partial charge in [0.05, 0.1) is 24.1 Å². The lowest BCUT2D eigenvalue weighted by molar-refractivity contribution is -0.116. The average molecular weight is 329 g/mol. The zero-order chi connectivity index (χ0) is 15.5. The van der Waals surface area contributed by atoms with Crippen LogP contribution in [0, 0.1) is 0 Å². The predicted octanol–water partition coefficient (Wildman–Crippen LogP) is 3.01. The topological polar surface area (TPSA) is 28.6 Å². The summed E-state index contributed by atoms with van der Waals surface area (Å²) < 4.78 is 6.31. The summed E-state index contributed by atoms with van der Waals surface area (Å²) in [6, 6.07) is 8.54. The molecule has 5 heteroatoms. The number of hydrogen-bond donors (Lipinski definition) is 0. The van der Waals surface area contributed by atoms with Crippen molar-refractivity contribution in [2.45, 2.75) is 25.0 Å². The van der Waals surface area contributed by atoms with Crippen LogP contribution in [0.5, 0.6) is 0 Å². The molecular weight excluding hydrogens is 306 g/mol. The van der Waals surface area contributed by atoms with Gasteiger partial charge < -0.3 is 9.64 Å². The van der Waals surface area contributed by atoms with Crippen LogP contribution in [0.2, 0.25) is 0 Å². The number of thiophene rings is 1. The van der Waals surface area contributed by atoms with Gasteiger partial charge in [0.25, 0.3) is 0 Å². The second-order valence-electron chi connectivity index (χ2n) is 6.56. The standard InChI is InChI=1S/C18H23N3OS/c1-4-16(12-19-7-1)21-8-3-6-18(15-21)14-20(9-10-22-18)13-17-5-2-11-23-17/h1-2,4-5,7,11-12H,3,6,8-10,13-15H2. The van der Waals surface area contributed by atoms with Gasteiger partial charge in [-0.05, 0) is 36.4 Å². The molecule has 2 aliphatic rings. The number of rotatable bonds is 3. The van der Waals surface area contributed by atoms with Gasteiger partial charge in [-0.15, -0.1) is 11.3 Å². The Labute approximate surface area is 141 Å². The van der Waals surface area contributed by atoms with Crippen molar-refractivity contribution in [3.05, 3.63) is 46.9 Å². The van der Waals surface area contributed by atoms with Crippen LogP contribution in [0.15, 0.2) is 42.0 Å². The Bertz CT molecular complexity index is 614. The number of pyridine rings is 1. The highest BCUT2D eigenvalue weighted by Gasteiger charge is 2.40. The molecule has 1 unspecified atom stereocenters. The first-order chi connectivity index (χ1) is 11.3. The van der Waals surface area contributed by atoms with Crippen LogP contribution >= 0.6 is 11.3 Å². The van der Waals surface area contributed by atoms with Crippen molar-refractivity contribution >= 4 is 17.0 Å². The van der Waals surface area contributed by atoms with Crippen LogP contribution < -0.4 is 4.90 Å². The monoisotopic (exact) mass is 329 g/mol. The highest BCUT2D eigenvalue weighted by molar-refractivity contribution is 7.09. The lowest BCUT2D eigenvalue weighted by Gasteiger charge is -2.48. The van der Waals surface area contributed by atoms with Gasteiger partial charge >= 0.3 is 0 Å². The van der Waals surface area contributed by atoms with Gasteiger partial charge in [-0.3, -0.25) is 9.88 Å². The van der Waals surface area contributed by atoms with Crippen molar-refractivity contribution in [3.8, 4) is 0 Å². The third kappa shape index (κ3) is 3.42. The summed E-state index contributed by atoms with van der Waals surface area (Å²) in [4.78, 5) is 10.7. The maximum absolute atomic E-state index is 6.31. The minimum atomic E-state index is -0.0242. The minimum Gasteiger partial charge on any atom is -0.370 e. The third-order valence-electron chi connectivity index (χ3n) is 4.84. The summed E-state index contributed by atoms with van der Waals surface area (Å²) in [5, 5.41) is 2.16. The van der Waals surface area contributed by atoms with Gasteiger partial charge in [-0.1, -0.05) is 6.07 Å². The van der Waals surface area contributed by atoms with Crippen molar-refractivity contribution < 1.29 is 4.74 Å². The van der Waals surface area contributed by atoms with Crippen LogP contribution in [-0.4, -0.2) is 48.3 Å². The molecule has 2 fully saturated rings. The van der Waals surface area contributed by atoms with E-state index in [2.05, 4.69) is 38.4 Å². The predicted molar refractivity (Wildman–Crippen MR) is 94.0 cm³/mol. The van der Waals surface area contributed by atoms with Crippen LogP contribution in [0.25, 0.3) is 0 Å². The second-order valence-corrected chi connectivity index (χ2v) is 7.59. The molecule has 0 aliphatic carbocycles. The summed E-state index contributed by atoms with van der Waals surface area (Å²) in [5.41, 5.74) is 1.19. The molecular formula is C18H23N3OS. The summed E-state index contributed by atoms with van der Waals surface area (Å²) in [6.45, 7) is 6.03. The van der Waals surface area contributed by atoms with Crippen LogP contribution in [0.4, 0.5) is 5.69 Å². The van der Waals surface area contributed by atoms with E-state index < -0.39 is 0 Å². The molecule has 0 radical (unpaired) electrons. The van der Waals surface area contributed by atoms with Crippen LogP contribution in [0.3, 0.4) is 0 Å². The van der Waals surface area contributed by atoms with E-state index in [9.17, 15) is 0 Å². The molecule has 2 aliphatic heterocycles. The van der Waals surface area contributed by atoms with Gasteiger partial charge in [0.15, 0.2) is 0 Å². The molecule has 0 aromatic carbocycles. The van der Waals surface area contributed by atoms with E-state index in [1.807, 2.05) is 29.8 Å². The molecule has 0 amide bonds. The first-order valence-corrected chi connectivity index (χ1v) is 9.25. The largest absolute Gasteiger partial charge is 0.370 e. The van der Waals surface area contributed by atoms with Gasteiger partial charge in [-0.2, -0.15) is 0 Å². The number of ether oxygens (including phenoxy) is 1. The number of piperidine rings is 1. The Morgan fingerprint density at radius 3 is 3.04 bits per heavy atom. The normalized spacial score (nSPS) is 25.8. The molecule has 2 saturated heterocycles. The van der Waals surface area contributed by atoms with Crippen LogP contribution in [-0.2, 0) is 11.3 Å². The molecule has 0 saturated carbocycles. The fourth-order valence-electron chi connectivity index (χ4n) is 3.79. The smallest absolute Gasteiger partial charge is 0.0983 e. The Morgan fingerprint density at radius 1 is 1.22 bits per heavy atom. The average Bonchev–Trinajstić information content (AvgIpc) is 3.09. The highest BCUT2D eigenvalue weighted by Crippen LogP contribution is 2.32. The van der Waals surface area contributed by atoms with E-state index in [0.29, 0.717) is 0 Å². The van der Waals surface area contributed by atoms with Gasteiger partial charge in [0, 0.05) is 43.8 Å². The lowest BCUT2D eigenvalue weighted by atomic mass is 9.90. The number of nitrogens with zero attached hydrogens (tertiary/aromatic N) is 3. The van der Waals surface area contributed by atoms with Gasteiger partial charge in [-0.25, -0.2) is 0 Å². The Morgan fingerprint density at radius 2 is 2.22 bits per heavy atom. The molecule has 1 atom stereocenters. The van der Waals surface area contributed by atoms with Crippen LogP contribution in [0.1, 0.15) is 17.7 Å². The van der Waals surface area contributed by atoms with E-state index in [1.54, 1.807) is 0 Å². The molecule has 1 spiro atoms. The first-order valence-electron chi connectivity index (χ1n) is 8.37. The number of aromatic nitrogens is 1. The van der Waals surface area contributed by atoms with Gasteiger partial charge in [0.1, 0.15) is 0 Å². The summed E-state index contributed by atoms with van der Waals surface area (Å²) >= 11 is 1.85. The van der Waals surface area contributed by atoms with Crippen molar-refractivity contribution in [2.24, 2.45) is 0 Å². The molecule has 4 rings (SSSR count). The second kappa shape index (κ2) is 6.59. The molecule has 0 N–H and O–H groups in total. The Balaban J connectivity index is 1.46. The molecule has 23 heavy (non-hydrogen) atoms. The van der Waals surface area contributed by atoms with Gasteiger partial charge in [0.2, 0.25) is 0 Å². The fourth-order valence-corrected chi connectivity index (χ4v) is 4.53. The zero-order valence-corrected chi connectivity index (χ0v) is 14.2. The summed E-state index contributed by atoms with van der Waals surface area (Å²) in [5.74, 6) is 0. The van der Waals surface area contributed by atoms with Crippen molar-refractivity contribution in [3.63, 3.8) is 0 Å². The van der Waals surface area contributed by atoms with E-state index >= 15 is 0 Å². The molecule has 0 bridgehead atoms. The summed E-state index contributed by atoms with van der Waals surface area (Å²) in [7, 11) is 0. The molecule has 4 heterocycles. The van der Waals surface area contributed by atoms with E-state index in [-0.39, 0.29) is 5.60 Å². The number of anilines is 1. The first kappa shape index (κ1) is 15.1. The lowest BCUT2D eigenvalue weighted by Crippen LogP contribution is -2.59. The quantitative estimate of drug-likeness (QED) is 0.865. The molecule has 2 aromatic heterocycles. The Hall–Kier alpha value is -1.43. The third-order valence-corrected chi connectivity index (χ3v) is 5.70. The number of morpholine rings is 1. The molecule has 122 valence electrons. The fraction of sp³-hybridized carbons (Fsp3) is 0.500. The minimum absolute atomic E-state index is 0.0242. The molecule has 2 aromatic rings. The maximum Gasteiger partial charge on any atom is 0.0983 e. The summed E-state index contributed by atoms with van der Waals surface area (Å²) in [6.07, 6.45) is 6.14. The van der Waals surface area contributed by atoms with Crippen molar-refractivity contribution in [2.75, 3.05) is 37.7 Å². The maximum atomic E-state index is 6.31. The highest BCUT2D eigenvalue weighted by atomic mass is 32.1. The molecule has 4 nitrogen and oxygen atoms in total. The van der Waals surface area contributed by atoms with E-state index in [1.165, 1.54) is 17.0 Å². The van der Waals surface area contributed by atoms with Crippen molar-refractivity contribution in [1.29, 1.82) is 0 Å². The van der Waals surface area contributed by atoms with Crippen molar-refractivity contribution in [1.82, 2.24) is 9.88 Å². The number of hydrogen-bond acceptors (Lipinski definition) is 5. The van der Waals surface area contributed by atoms with E-state index in [4.69, 9.17) is 4.74 Å². The Kier molecular flexibility index (Phi) is 4.33.